The summed E-state index contributed by atoms with van der Waals surface area (Å²) in [6.07, 6.45) is -3.46. The van der Waals surface area contributed by atoms with Crippen LogP contribution in [0.4, 0.5) is 0 Å². The fourth-order valence-electron chi connectivity index (χ4n) is 2.75. The molecule has 2 heterocycles. The number of fused-ring (bicyclic) bond motifs is 2. The molecule has 4 atom stereocenters. The van der Waals surface area contributed by atoms with Gasteiger partial charge < -0.3 is 24.4 Å². The highest BCUT2D eigenvalue weighted by atomic mass is 16.8. The molecule has 5 heteroatoms. The highest BCUT2D eigenvalue weighted by molar-refractivity contribution is 5.34. The molecule has 2 aliphatic heterocycles. The Morgan fingerprint density at radius 3 is 1.48 bits per heavy atom. The van der Waals surface area contributed by atoms with E-state index in [2.05, 4.69) is 0 Å². The van der Waals surface area contributed by atoms with E-state index < -0.39 is 25.2 Å². The third-order valence-corrected chi connectivity index (χ3v) is 3.78. The van der Waals surface area contributed by atoms with Gasteiger partial charge in [-0.3, -0.25) is 0 Å². The van der Waals surface area contributed by atoms with E-state index in [1.807, 2.05) is 36.4 Å². The Morgan fingerprint density at radius 1 is 0.667 bits per heavy atom. The van der Waals surface area contributed by atoms with Crippen molar-refractivity contribution in [1.29, 1.82) is 0 Å². The SMILES string of the molecule is OC1OC(OC2OC(O)c3ccccc32)c2ccccc21. The zero-order chi connectivity index (χ0) is 14.4. The molecule has 0 aliphatic carbocycles. The van der Waals surface area contributed by atoms with E-state index in [1.54, 1.807) is 12.1 Å². The van der Waals surface area contributed by atoms with Gasteiger partial charge in [0.2, 0.25) is 0 Å². The van der Waals surface area contributed by atoms with Crippen LogP contribution in [0.5, 0.6) is 0 Å². The van der Waals surface area contributed by atoms with Crippen LogP contribution < -0.4 is 0 Å². The highest BCUT2D eigenvalue weighted by Crippen LogP contribution is 2.45. The first-order chi connectivity index (χ1) is 10.2. The van der Waals surface area contributed by atoms with Gasteiger partial charge in [-0.15, -0.1) is 0 Å². The van der Waals surface area contributed by atoms with E-state index in [1.165, 1.54) is 0 Å². The molecule has 4 unspecified atom stereocenters. The first-order valence-electron chi connectivity index (χ1n) is 6.74. The van der Waals surface area contributed by atoms with Crippen molar-refractivity contribution < 1.29 is 24.4 Å². The lowest BCUT2D eigenvalue weighted by Gasteiger charge is -2.19. The summed E-state index contributed by atoms with van der Waals surface area (Å²) in [6.45, 7) is 0. The van der Waals surface area contributed by atoms with Gasteiger partial charge >= 0.3 is 0 Å². The molecule has 21 heavy (non-hydrogen) atoms. The van der Waals surface area contributed by atoms with Gasteiger partial charge in [-0.05, 0) is 0 Å². The van der Waals surface area contributed by atoms with Crippen molar-refractivity contribution in [2.75, 3.05) is 0 Å². The second-order valence-electron chi connectivity index (χ2n) is 5.03. The van der Waals surface area contributed by atoms with Gasteiger partial charge in [0.05, 0.1) is 0 Å². The Bertz CT molecular complexity index is 614. The van der Waals surface area contributed by atoms with Crippen LogP contribution in [-0.4, -0.2) is 10.2 Å². The fourth-order valence-corrected chi connectivity index (χ4v) is 2.75. The molecule has 0 fully saturated rings. The average molecular weight is 286 g/mol. The molecule has 0 saturated carbocycles. The minimum atomic E-state index is -1.01. The maximum absolute atomic E-state index is 9.88. The monoisotopic (exact) mass is 286 g/mol. The van der Waals surface area contributed by atoms with Crippen molar-refractivity contribution >= 4 is 0 Å². The van der Waals surface area contributed by atoms with Gasteiger partial charge in [0, 0.05) is 22.3 Å². The zero-order valence-electron chi connectivity index (χ0n) is 11.0. The smallest absolute Gasteiger partial charge is 0.191 e. The Kier molecular flexibility index (Phi) is 3.02. The molecule has 0 spiro atoms. The molecule has 2 aliphatic rings. The van der Waals surface area contributed by atoms with Crippen LogP contribution in [0.2, 0.25) is 0 Å². The van der Waals surface area contributed by atoms with Crippen LogP contribution in [-0.2, 0) is 14.2 Å². The molecule has 2 aromatic carbocycles. The van der Waals surface area contributed by atoms with Crippen LogP contribution in [0.1, 0.15) is 47.4 Å². The van der Waals surface area contributed by atoms with E-state index in [0.717, 1.165) is 11.1 Å². The normalized spacial score (nSPS) is 30.2. The number of ether oxygens (including phenoxy) is 3. The van der Waals surface area contributed by atoms with E-state index in [9.17, 15) is 10.2 Å². The van der Waals surface area contributed by atoms with Crippen molar-refractivity contribution in [2.24, 2.45) is 0 Å². The predicted molar refractivity (Wildman–Crippen MR) is 71.5 cm³/mol. The van der Waals surface area contributed by atoms with Crippen molar-refractivity contribution in [3.8, 4) is 0 Å². The third-order valence-electron chi connectivity index (χ3n) is 3.78. The van der Waals surface area contributed by atoms with Gasteiger partial charge in [0.15, 0.2) is 25.2 Å². The first kappa shape index (κ1) is 12.9. The largest absolute Gasteiger partial charge is 0.364 e. The van der Waals surface area contributed by atoms with Crippen LogP contribution >= 0.6 is 0 Å². The number of aliphatic hydroxyl groups is 2. The minimum absolute atomic E-state index is 0.689. The van der Waals surface area contributed by atoms with Gasteiger partial charge in [-0.1, -0.05) is 48.5 Å². The van der Waals surface area contributed by atoms with Crippen LogP contribution in [0.3, 0.4) is 0 Å². The molecule has 0 amide bonds. The van der Waals surface area contributed by atoms with Gasteiger partial charge in [-0.25, -0.2) is 0 Å². The van der Waals surface area contributed by atoms with Crippen LogP contribution in [0, 0.1) is 0 Å². The summed E-state index contributed by atoms with van der Waals surface area (Å²) in [5.41, 5.74) is 2.92. The molecule has 0 aromatic heterocycles. The van der Waals surface area contributed by atoms with Crippen LogP contribution in [0.15, 0.2) is 48.5 Å². The molecular weight excluding hydrogens is 272 g/mol. The summed E-state index contributed by atoms with van der Waals surface area (Å²) < 4.78 is 16.6. The Morgan fingerprint density at radius 2 is 1.05 bits per heavy atom. The number of benzene rings is 2. The lowest BCUT2D eigenvalue weighted by atomic mass is 10.1. The van der Waals surface area contributed by atoms with E-state index >= 15 is 0 Å². The van der Waals surface area contributed by atoms with Crippen molar-refractivity contribution in [1.82, 2.24) is 0 Å². The Balaban J connectivity index is 1.61. The zero-order valence-corrected chi connectivity index (χ0v) is 11.0. The van der Waals surface area contributed by atoms with Crippen LogP contribution in [0.25, 0.3) is 0 Å². The predicted octanol–water partition coefficient (Wildman–Crippen LogP) is 2.44. The summed E-state index contributed by atoms with van der Waals surface area (Å²) >= 11 is 0. The summed E-state index contributed by atoms with van der Waals surface area (Å²) in [4.78, 5) is 0. The molecule has 108 valence electrons. The molecule has 2 N–H and O–H groups in total. The standard InChI is InChI=1S/C16H14O5/c17-13-9-5-1-3-7-11(9)15(19-13)21-16-12-8-4-2-6-10(12)14(18)20-16/h1-8,13-18H. The minimum Gasteiger partial charge on any atom is -0.364 e. The fraction of sp³-hybridized carbons (Fsp3) is 0.250. The third kappa shape index (κ3) is 2.07. The topological polar surface area (TPSA) is 68.2 Å². The summed E-state index contributed by atoms with van der Waals surface area (Å²) in [5.74, 6) is 0. The maximum atomic E-state index is 9.88. The average Bonchev–Trinajstić information content (AvgIpc) is 3.00. The highest BCUT2D eigenvalue weighted by Gasteiger charge is 2.37. The molecule has 4 rings (SSSR count). The van der Waals surface area contributed by atoms with E-state index in [4.69, 9.17) is 14.2 Å². The molecule has 2 aromatic rings. The Labute approximate surface area is 121 Å². The summed E-state index contributed by atoms with van der Waals surface area (Å²) in [7, 11) is 0. The Hall–Kier alpha value is -1.76. The van der Waals surface area contributed by atoms with E-state index in [-0.39, 0.29) is 0 Å². The van der Waals surface area contributed by atoms with Crippen molar-refractivity contribution in [3.63, 3.8) is 0 Å². The lowest BCUT2D eigenvalue weighted by Crippen LogP contribution is -2.10. The van der Waals surface area contributed by atoms with Gasteiger partial charge in [0.1, 0.15) is 0 Å². The van der Waals surface area contributed by atoms with Gasteiger partial charge in [-0.2, -0.15) is 0 Å². The molecule has 5 nitrogen and oxygen atoms in total. The number of hydrogen-bond acceptors (Lipinski definition) is 5. The second-order valence-corrected chi connectivity index (χ2v) is 5.03. The quantitative estimate of drug-likeness (QED) is 0.887. The van der Waals surface area contributed by atoms with Crippen molar-refractivity contribution in [3.05, 3.63) is 70.8 Å². The first-order valence-corrected chi connectivity index (χ1v) is 6.74. The molecule has 0 radical (unpaired) electrons. The second kappa shape index (κ2) is 4.91. The molecule has 0 saturated heterocycles. The number of rotatable bonds is 2. The number of hydrogen-bond donors (Lipinski definition) is 2. The molecule has 0 bridgehead atoms. The maximum Gasteiger partial charge on any atom is 0.191 e. The van der Waals surface area contributed by atoms with Gasteiger partial charge in [0.25, 0.3) is 0 Å². The molecular formula is C16H14O5. The van der Waals surface area contributed by atoms with Crippen molar-refractivity contribution in [2.45, 2.75) is 25.2 Å². The lowest BCUT2D eigenvalue weighted by molar-refractivity contribution is -0.302. The summed E-state index contributed by atoms with van der Waals surface area (Å²) in [6, 6.07) is 14.6. The number of aliphatic hydroxyl groups excluding tert-OH is 2. The van der Waals surface area contributed by atoms with E-state index in [0.29, 0.717) is 11.1 Å². The summed E-state index contributed by atoms with van der Waals surface area (Å²) in [5, 5.41) is 19.8.